The van der Waals surface area contributed by atoms with E-state index in [0.717, 1.165) is 22.3 Å². The lowest BCUT2D eigenvalue weighted by atomic mass is 9.93. The van der Waals surface area contributed by atoms with Gasteiger partial charge >= 0.3 is 0 Å². The summed E-state index contributed by atoms with van der Waals surface area (Å²) in [7, 11) is 0. The number of carbonyl (C=O) groups excluding carboxylic acids is 1. The molecule has 0 saturated heterocycles. The summed E-state index contributed by atoms with van der Waals surface area (Å²) >= 11 is 6.25. The van der Waals surface area contributed by atoms with E-state index in [9.17, 15) is 20.1 Å². The van der Waals surface area contributed by atoms with Gasteiger partial charge in [0.25, 0.3) is 0 Å². The van der Waals surface area contributed by atoms with Crippen LogP contribution in [0.5, 0.6) is 11.5 Å². The van der Waals surface area contributed by atoms with Crippen LogP contribution in [0.1, 0.15) is 47.8 Å². The number of aromatic hydroxyl groups is 2. The lowest BCUT2D eigenvalue weighted by molar-refractivity contribution is -0.120. The molecule has 6 nitrogen and oxygen atoms in total. The number of halogens is 1. The van der Waals surface area contributed by atoms with E-state index in [1.807, 2.05) is 63.2 Å². The molecule has 0 spiro atoms. The lowest BCUT2D eigenvalue weighted by Gasteiger charge is -2.28. The van der Waals surface area contributed by atoms with Crippen molar-refractivity contribution in [2.24, 2.45) is 0 Å². The third kappa shape index (κ3) is 7.99. The molecular weight excluding hydrogens is 464 g/mol. The predicted octanol–water partition coefficient (Wildman–Crippen LogP) is 4.56. The zero-order chi connectivity index (χ0) is 25.6. The minimum atomic E-state index is -0.885. The van der Waals surface area contributed by atoms with Gasteiger partial charge in [-0.1, -0.05) is 48.0 Å². The van der Waals surface area contributed by atoms with Crippen LogP contribution in [0, 0.1) is 6.92 Å². The molecule has 0 aliphatic rings. The highest BCUT2D eigenvalue weighted by Crippen LogP contribution is 2.25. The summed E-state index contributed by atoms with van der Waals surface area (Å²) in [4.78, 5) is 12.5. The first-order valence-corrected chi connectivity index (χ1v) is 11.9. The van der Waals surface area contributed by atoms with Gasteiger partial charge in [-0.05, 0) is 73.2 Å². The molecular formula is C28H33ClN2O4. The van der Waals surface area contributed by atoms with Gasteiger partial charge < -0.3 is 26.0 Å². The molecule has 1 atom stereocenters. The molecule has 5 N–H and O–H groups in total. The van der Waals surface area contributed by atoms with Gasteiger partial charge in [0.1, 0.15) is 11.5 Å². The van der Waals surface area contributed by atoms with Crippen molar-refractivity contribution >= 4 is 17.5 Å². The Kier molecular flexibility index (Phi) is 8.78. The van der Waals surface area contributed by atoms with Crippen molar-refractivity contribution in [2.75, 3.05) is 6.54 Å². The van der Waals surface area contributed by atoms with Gasteiger partial charge in [-0.25, -0.2) is 0 Å². The largest absolute Gasteiger partial charge is 0.508 e. The number of amides is 1. The molecule has 35 heavy (non-hydrogen) atoms. The average molecular weight is 497 g/mol. The second kappa shape index (κ2) is 11.6. The minimum Gasteiger partial charge on any atom is -0.508 e. The lowest BCUT2D eigenvalue weighted by Crippen LogP contribution is -2.43. The van der Waals surface area contributed by atoms with Crippen molar-refractivity contribution < 1.29 is 20.1 Å². The topological polar surface area (TPSA) is 102 Å². The fraction of sp³-hybridized carbons (Fsp3) is 0.321. The van der Waals surface area contributed by atoms with Crippen molar-refractivity contribution in [1.82, 2.24) is 10.6 Å². The Labute approximate surface area is 211 Å². The van der Waals surface area contributed by atoms with Crippen LogP contribution in [0.15, 0.2) is 60.7 Å². The van der Waals surface area contributed by atoms with Crippen LogP contribution in [0.2, 0.25) is 5.02 Å². The smallest absolute Gasteiger partial charge is 0.224 e. The fourth-order valence-corrected chi connectivity index (χ4v) is 4.34. The number of phenolic OH excluding ortho intramolecular Hbond substituents is 2. The Morgan fingerprint density at radius 1 is 1.00 bits per heavy atom. The zero-order valence-electron chi connectivity index (χ0n) is 20.3. The number of β-amino-alcohol motifs (C(OH)–C–C–N with tert-alkyl or cyclic N) is 1. The highest BCUT2D eigenvalue weighted by molar-refractivity contribution is 6.31. The van der Waals surface area contributed by atoms with Crippen molar-refractivity contribution in [2.45, 2.75) is 51.8 Å². The van der Waals surface area contributed by atoms with Gasteiger partial charge in [-0.15, -0.1) is 0 Å². The number of carbonyl (C=O) groups is 1. The van der Waals surface area contributed by atoms with Crippen molar-refractivity contribution in [3.05, 3.63) is 93.5 Å². The van der Waals surface area contributed by atoms with E-state index in [4.69, 9.17) is 11.6 Å². The summed E-state index contributed by atoms with van der Waals surface area (Å²) in [5, 5.41) is 36.7. The molecule has 0 aromatic heterocycles. The third-order valence-electron chi connectivity index (χ3n) is 5.90. The maximum Gasteiger partial charge on any atom is 0.224 e. The summed E-state index contributed by atoms with van der Waals surface area (Å²) < 4.78 is 0. The summed E-state index contributed by atoms with van der Waals surface area (Å²) in [5.41, 5.74) is 4.04. The van der Waals surface area contributed by atoms with E-state index in [1.165, 1.54) is 18.2 Å². The standard InChI is InChI=1S/C28H33ClN2O4/c1-18-6-4-9-25(29)24(18)16-30-27(35)11-19-7-5-8-20(10-19)15-28(2,3)31-17-26(34)21-12-22(32)14-23(33)13-21/h4-10,12-14,26,31-34H,11,15-17H2,1-3H3,(H,30,35). The molecule has 3 rings (SSSR count). The van der Waals surface area contributed by atoms with E-state index < -0.39 is 6.10 Å². The van der Waals surface area contributed by atoms with Crippen molar-refractivity contribution in [1.29, 1.82) is 0 Å². The Bertz CT molecular complexity index is 1140. The van der Waals surface area contributed by atoms with Gasteiger partial charge in [0.05, 0.1) is 12.5 Å². The van der Waals surface area contributed by atoms with Crippen LogP contribution < -0.4 is 10.6 Å². The fourth-order valence-electron chi connectivity index (χ4n) is 4.05. The highest BCUT2D eigenvalue weighted by atomic mass is 35.5. The summed E-state index contributed by atoms with van der Waals surface area (Å²) in [6.45, 7) is 6.68. The van der Waals surface area contributed by atoms with E-state index in [2.05, 4.69) is 10.6 Å². The molecule has 0 heterocycles. The summed E-state index contributed by atoms with van der Waals surface area (Å²) in [6, 6.07) is 17.7. The van der Waals surface area contributed by atoms with Crippen LogP contribution in [0.3, 0.4) is 0 Å². The first-order chi connectivity index (χ1) is 16.5. The molecule has 1 unspecified atom stereocenters. The van der Waals surface area contributed by atoms with Gasteiger partial charge in [-0.3, -0.25) is 4.79 Å². The third-order valence-corrected chi connectivity index (χ3v) is 6.26. The molecule has 0 bridgehead atoms. The Hall–Kier alpha value is -3.06. The number of aliphatic hydroxyl groups is 1. The Morgan fingerprint density at radius 2 is 1.66 bits per heavy atom. The summed E-state index contributed by atoms with van der Waals surface area (Å²) in [5.74, 6) is -0.265. The molecule has 0 fully saturated rings. The molecule has 186 valence electrons. The Morgan fingerprint density at radius 3 is 2.34 bits per heavy atom. The number of hydrogen-bond donors (Lipinski definition) is 5. The monoisotopic (exact) mass is 496 g/mol. The van der Waals surface area contributed by atoms with Gasteiger partial charge in [0, 0.05) is 29.7 Å². The molecule has 3 aromatic rings. The zero-order valence-corrected chi connectivity index (χ0v) is 21.1. The van der Waals surface area contributed by atoms with Crippen molar-refractivity contribution in [3.8, 4) is 11.5 Å². The Balaban J connectivity index is 1.55. The molecule has 0 aliphatic heterocycles. The SMILES string of the molecule is Cc1cccc(Cl)c1CNC(=O)Cc1cccc(CC(C)(C)NCC(O)c2cc(O)cc(O)c2)c1. The van der Waals surface area contributed by atoms with Gasteiger partial charge in [0.15, 0.2) is 0 Å². The van der Waals surface area contributed by atoms with Crippen LogP contribution in [-0.2, 0) is 24.2 Å². The first-order valence-electron chi connectivity index (χ1n) is 11.6. The van der Waals surface area contributed by atoms with Crippen molar-refractivity contribution in [3.63, 3.8) is 0 Å². The second-order valence-electron chi connectivity index (χ2n) is 9.55. The minimum absolute atomic E-state index is 0.0728. The van der Waals surface area contributed by atoms with E-state index in [1.54, 1.807) is 0 Å². The van der Waals surface area contributed by atoms with E-state index in [-0.39, 0.29) is 35.9 Å². The molecule has 0 saturated carbocycles. The quantitative estimate of drug-likeness (QED) is 0.283. The predicted molar refractivity (Wildman–Crippen MR) is 139 cm³/mol. The van der Waals surface area contributed by atoms with E-state index >= 15 is 0 Å². The number of rotatable bonds is 10. The van der Waals surface area contributed by atoms with Crippen LogP contribution in [0.4, 0.5) is 0 Å². The van der Waals surface area contributed by atoms with Crippen LogP contribution >= 0.6 is 11.6 Å². The molecule has 7 heteroatoms. The van der Waals surface area contributed by atoms with Crippen LogP contribution in [0.25, 0.3) is 0 Å². The van der Waals surface area contributed by atoms with Crippen LogP contribution in [-0.4, -0.2) is 33.3 Å². The number of aliphatic hydroxyl groups excluding tert-OH is 1. The molecule has 0 radical (unpaired) electrons. The molecule has 0 aliphatic carbocycles. The summed E-state index contributed by atoms with van der Waals surface area (Å²) in [6.07, 6.45) is 0.0635. The normalized spacial score (nSPS) is 12.4. The number of benzene rings is 3. The maximum atomic E-state index is 12.5. The number of aryl methyl sites for hydroxylation is 1. The average Bonchev–Trinajstić information content (AvgIpc) is 2.76. The first kappa shape index (κ1) is 26.5. The second-order valence-corrected chi connectivity index (χ2v) is 9.96. The van der Waals surface area contributed by atoms with E-state index in [0.29, 0.717) is 23.6 Å². The maximum absolute atomic E-state index is 12.5. The van der Waals surface area contributed by atoms with Gasteiger partial charge in [0.2, 0.25) is 5.91 Å². The number of hydrogen-bond acceptors (Lipinski definition) is 5. The molecule has 1 amide bonds. The number of phenols is 2. The highest BCUT2D eigenvalue weighted by Gasteiger charge is 2.21. The molecule has 3 aromatic carbocycles. The number of nitrogens with one attached hydrogen (secondary N) is 2. The van der Waals surface area contributed by atoms with Gasteiger partial charge in [-0.2, -0.15) is 0 Å².